The van der Waals surface area contributed by atoms with Gasteiger partial charge in [0, 0.05) is 33.2 Å². The Balaban J connectivity index is 1.55. The van der Waals surface area contributed by atoms with Gasteiger partial charge in [0.1, 0.15) is 5.75 Å². The van der Waals surface area contributed by atoms with Crippen molar-refractivity contribution in [3.05, 3.63) is 71.3 Å². The van der Waals surface area contributed by atoms with Crippen molar-refractivity contribution in [3.8, 4) is 28.1 Å². The molecule has 3 heterocycles. The fraction of sp³-hybridized carbons (Fsp3) is 0.286. The number of hydrogen-bond donors (Lipinski definition) is 0. The van der Waals surface area contributed by atoms with Gasteiger partial charge in [0.05, 0.1) is 12.3 Å². The van der Waals surface area contributed by atoms with Crippen LogP contribution in [0.15, 0.2) is 71.3 Å². The molecule has 1 aliphatic rings. The number of pyridine rings is 1. The first-order chi connectivity index (χ1) is 18.2. The van der Waals surface area contributed by atoms with E-state index in [9.17, 15) is 18.0 Å². The Bertz CT molecular complexity index is 1440. The van der Waals surface area contributed by atoms with Crippen LogP contribution in [0.1, 0.15) is 19.3 Å². The maximum atomic E-state index is 13.2. The van der Waals surface area contributed by atoms with Crippen molar-refractivity contribution in [3.63, 3.8) is 0 Å². The van der Waals surface area contributed by atoms with E-state index in [0.717, 1.165) is 17.7 Å². The SMILES string of the molecule is CN1CCCC1CCOc1ccc(-c2c(-c3ccccc3)n(OC(=O)C(F)(F)F)c3ncc(Br)cc23)cc1. The van der Waals surface area contributed by atoms with Gasteiger partial charge in [-0.1, -0.05) is 42.5 Å². The molecule has 2 aromatic heterocycles. The summed E-state index contributed by atoms with van der Waals surface area (Å²) in [7, 11) is 2.13. The maximum absolute atomic E-state index is 13.2. The molecule has 0 spiro atoms. The van der Waals surface area contributed by atoms with Crippen LogP contribution in [-0.2, 0) is 4.79 Å². The molecular formula is C28H25BrF3N3O3. The predicted molar refractivity (Wildman–Crippen MR) is 142 cm³/mol. The highest BCUT2D eigenvalue weighted by Crippen LogP contribution is 2.41. The van der Waals surface area contributed by atoms with Crippen LogP contribution < -0.4 is 9.57 Å². The Morgan fingerprint density at radius 1 is 1.11 bits per heavy atom. The second kappa shape index (κ2) is 10.8. The third-order valence-corrected chi connectivity index (χ3v) is 7.16. The number of alkyl halides is 3. The number of halogens is 4. The van der Waals surface area contributed by atoms with Gasteiger partial charge in [0.25, 0.3) is 0 Å². The molecule has 0 N–H and O–H groups in total. The smallest absolute Gasteiger partial charge is 0.493 e. The van der Waals surface area contributed by atoms with Gasteiger partial charge in [-0.3, -0.25) is 0 Å². The summed E-state index contributed by atoms with van der Waals surface area (Å²) in [4.78, 5) is 23.5. The molecule has 38 heavy (non-hydrogen) atoms. The molecule has 0 aliphatic carbocycles. The third-order valence-electron chi connectivity index (χ3n) is 6.72. The lowest BCUT2D eigenvalue weighted by molar-refractivity contribution is -0.199. The molecule has 1 aliphatic heterocycles. The van der Waals surface area contributed by atoms with Gasteiger partial charge in [-0.25, -0.2) is 9.78 Å². The fourth-order valence-electron chi connectivity index (χ4n) is 4.86. The number of fused-ring (bicyclic) bond motifs is 1. The van der Waals surface area contributed by atoms with Crippen molar-refractivity contribution >= 4 is 32.9 Å². The maximum Gasteiger partial charge on any atom is 0.493 e. The summed E-state index contributed by atoms with van der Waals surface area (Å²) in [6.45, 7) is 1.70. The van der Waals surface area contributed by atoms with E-state index in [4.69, 9.17) is 9.57 Å². The molecular weight excluding hydrogens is 563 g/mol. The average Bonchev–Trinajstić information content (AvgIpc) is 3.44. The molecule has 0 radical (unpaired) electrons. The molecule has 198 valence electrons. The van der Waals surface area contributed by atoms with Crippen LogP contribution in [0.5, 0.6) is 5.75 Å². The topological polar surface area (TPSA) is 56.6 Å². The van der Waals surface area contributed by atoms with Crippen molar-refractivity contribution in [2.24, 2.45) is 0 Å². The first kappa shape index (κ1) is 26.2. The highest BCUT2D eigenvalue weighted by molar-refractivity contribution is 9.10. The lowest BCUT2D eigenvalue weighted by Gasteiger charge is -2.19. The van der Waals surface area contributed by atoms with Crippen molar-refractivity contribution in [1.82, 2.24) is 14.6 Å². The first-order valence-corrected chi connectivity index (χ1v) is 13.0. The number of rotatable bonds is 7. The third kappa shape index (κ3) is 5.42. The Morgan fingerprint density at radius 2 is 1.84 bits per heavy atom. The highest BCUT2D eigenvalue weighted by Gasteiger charge is 2.43. The van der Waals surface area contributed by atoms with E-state index in [1.54, 1.807) is 36.4 Å². The zero-order valence-electron chi connectivity index (χ0n) is 20.5. The minimum Gasteiger partial charge on any atom is -0.494 e. The summed E-state index contributed by atoms with van der Waals surface area (Å²) in [6.07, 6.45) is -0.415. The molecule has 1 atom stereocenters. The van der Waals surface area contributed by atoms with Gasteiger partial charge in [0.2, 0.25) is 0 Å². The van der Waals surface area contributed by atoms with Gasteiger partial charge in [0.15, 0.2) is 5.65 Å². The molecule has 2 aromatic carbocycles. The van der Waals surface area contributed by atoms with E-state index in [-0.39, 0.29) is 11.3 Å². The number of aromatic nitrogens is 2. The van der Waals surface area contributed by atoms with Crippen LogP contribution in [0.4, 0.5) is 13.2 Å². The van der Waals surface area contributed by atoms with Crippen molar-refractivity contribution in [2.45, 2.75) is 31.5 Å². The van der Waals surface area contributed by atoms with Gasteiger partial charge in [-0.05, 0) is 72.5 Å². The summed E-state index contributed by atoms with van der Waals surface area (Å²) in [5.74, 6) is -1.64. The summed E-state index contributed by atoms with van der Waals surface area (Å²) < 4.78 is 47.1. The molecule has 6 nitrogen and oxygen atoms in total. The van der Waals surface area contributed by atoms with Crippen LogP contribution in [-0.4, -0.2) is 53.0 Å². The Labute approximate surface area is 226 Å². The Hall–Kier alpha value is -3.37. The second-order valence-electron chi connectivity index (χ2n) is 9.22. The minimum atomic E-state index is -5.17. The van der Waals surface area contributed by atoms with Crippen LogP contribution in [0.25, 0.3) is 33.4 Å². The van der Waals surface area contributed by atoms with E-state index in [0.29, 0.717) is 44.9 Å². The molecule has 5 rings (SSSR count). The number of likely N-dealkylation sites (tertiary alicyclic amines) is 1. The standard InChI is InChI=1S/C28H25BrF3N3O3/c1-34-14-5-8-21(34)13-15-37-22-11-9-18(10-12-22)24-23-16-20(29)17-33-26(23)35(38-27(36)28(30,31)32)25(24)19-6-3-2-4-7-19/h2-4,6-7,9-12,16-17,21H,5,8,13-15H2,1H3. The first-order valence-electron chi connectivity index (χ1n) is 12.2. The van der Waals surface area contributed by atoms with Gasteiger partial charge >= 0.3 is 12.1 Å². The monoisotopic (exact) mass is 587 g/mol. The van der Waals surface area contributed by atoms with Gasteiger partial charge in [-0.15, -0.1) is 0 Å². The lowest BCUT2D eigenvalue weighted by atomic mass is 9.99. The Kier molecular flexibility index (Phi) is 7.45. The summed E-state index contributed by atoms with van der Waals surface area (Å²) >= 11 is 3.40. The van der Waals surface area contributed by atoms with Crippen molar-refractivity contribution in [1.29, 1.82) is 0 Å². The molecule has 1 saturated heterocycles. The zero-order valence-corrected chi connectivity index (χ0v) is 22.1. The quantitative estimate of drug-likeness (QED) is 0.246. The molecule has 0 saturated carbocycles. The molecule has 1 unspecified atom stereocenters. The number of hydrogen-bond acceptors (Lipinski definition) is 5. The second-order valence-corrected chi connectivity index (χ2v) is 10.1. The predicted octanol–water partition coefficient (Wildman–Crippen LogP) is 6.51. The van der Waals surface area contributed by atoms with Gasteiger partial charge in [-0.2, -0.15) is 17.9 Å². The summed E-state index contributed by atoms with van der Waals surface area (Å²) in [5.41, 5.74) is 2.21. The molecule has 4 aromatic rings. The number of ether oxygens (including phenoxy) is 1. The van der Waals surface area contributed by atoms with E-state index < -0.39 is 12.1 Å². The van der Waals surface area contributed by atoms with E-state index in [1.165, 1.54) is 19.0 Å². The number of nitrogens with zero attached hydrogens (tertiary/aromatic N) is 3. The molecule has 1 fully saturated rings. The number of benzene rings is 2. The van der Waals surface area contributed by atoms with E-state index in [2.05, 4.69) is 32.9 Å². The molecule has 0 bridgehead atoms. The highest BCUT2D eigenvalue weighted by atomic mass is 79.9. The summed E-state index contributed by atoms with van der Waals surface area (Å²) in [5, 5.41) is 0.520. The van der Waals surface area contributed by atoms with Crippen LogP contribution in [0, 0.1) is 0 Å². The Morgan fingerprint density at radius 3 is 2.50 bits per heavy atom. The average molecular weight is 588 g/mol. The summed E-state index contributed by atoms with van der Waals surface area (Å²) in [6, 6.07) is 18.4. The van der Waals surface area contributed by atoms with Crippen LogP contribution in [0.3, 0.4) is 0 Å². The lowest BCUT2D eigenvalue weighted by Crippen LogP contribution is -2.33. The molecule has 10 heteroatoms. The van der Waals surface area contributed by atoms with Crippen LogP contribution >= 0.6 is 15.9 Å². The number of carbonyl (C=O) groups excluding carboxylic acids is 1. The van der Waals surface area contributed by atoms with Crippen molar-refractivity contribution < 1.29 is 27.5 Å². The molecule has 0 amide bonds. The van der Waals surface area contributed by atoms with Gasteiger partial charge < -0.3 is 14.5 Å². The van der Waals surface area contributed by atoms with Crippen molar-refractivity contribution in [2.75, 3.05) is 20.2 Å². The van der Waals surface area contributed by atoms with E-state index >= 15 is 0 Å². The fourth-order valence-corrected chi connectivity index (χ4v) is 5.19. The largest absolute Gasteiger partial charge is 0.494 e. The van der Waals surface area contributed by atoms with E-state index in [1.807, 2.05) is 24.3 Å². The zero-order chi connectivity index (χ0) is 26.9. The minimum absolute atomic E-state index is 0.0839. The number of carbonyl (C=O) groups is 1. The van der Waals surface area contributed by atoms with Crippen LogP contribution in [0.2, 0.25) is 0 Å². The normalized spacial score (nSPS) is 16.2.